The molecule has 0 spiro atoms. The molecule has 0 fully saturated rings. The van der Waals surface area contributed by atoms with Crippen molar-refractivity contribution in [2.75, 3.05) is 6.54 Å². The average Bonchev–Trinajstić information content (AvgIpc) is 2.29. The van der Waals surface area contributed by atoms with Crippen LogP contribution in [0.4, 0.5) is 8.78 Å². The Balaban J connectivity index is 3.10. The van der Waals surface area contributed by atoms with Crippen molar-refractivity contribution in [1.29, 1.82) is 0 Å². The number of halogens is 3. The van der Waals surface area contributed by atoms with E-state index in [-0.39, 0.29) is 11.0 Å². The van der Waals surface area contributed by atoms with Crippen molar-refractivity contribution in [3.63, 3.8) is 0 Å². The lowest BCUT2D eigenvalue weighted by Gasteiger charge is -2.26. The number of hydrogen-bond acceptors (Lipinski definition) is 1. The van der Waals surface area contributed by atoms with E-state index < -0.39 is 11.6 Å². The third-order valence-electron chi connectivity index (χ3n) is 3.09. The Hall–Kier alpha value is -0.480. The van der Waals surface area contributed by atoms with Gasteiger partial charge in [0.05, 0.1) is 4.47 Å². The zero-order valence-electron chi connectivity index (χ0n) is 9.49. The molecule has 2 N–H and O–H groups in total. The van der Waals surface area contributed by atoms with Gasteiger partial charge >= 0.3 is 0 Å². The van der Waals surface area contributed by atoms with E-state index in [1.54, 1.807) is 0 Å². The van der Waals surface area contributed by atoms with Gasteiger partial charge in [0.25, 0.3) is 0 Å². The maximum Gasteiger partial charge on any atom is 0.143 e. The molecule has 1 rings (SSSR count). The summed E-state index contributed by atoms with van der Waals surface area (Å²) in [6.45, 7) is 4.32. The van der Waals surface area contributed by atoms with Crippen molar-refractivity contribution in [2.45, 2.75) is 26.7 Å². The molecule has 0 aliphatic carbocycles. The second kappa shape index (κ2) is 5.23. The van der Waals surface area contributed by atoms with Crippen LogP contribution in [0.3, 0.4) is 0 Å². The van der Waals surface area contributed by atoms with E-state index in [1.165, 1.54) is 12.1 Å². The predicted molar refractivity (Wildman–Crippen MR) is 65.2 cm³/mol. The lowest BCUT2D eigenvalue weighted by atomic mass is 9.81. The first-order valence-electron chi connectivity index (χ1n) is 5.26. The molecular weight excluding hydrogens is 276 g/mol. The second-order valence-corrected chi connectivity index (χ2v) is 5.22. The van der Waals surface area contributed by atoms with Crippen molar-refractivity contribution in [3.05, 3.63) is 33.8 Å². The van der Waals surface area contributed by atoms with Crippen LogP contribution in [0.15, 0.2) is 16.6 Å². The zero-order valence-corrected chi connectivity index (χ0v) is 11.1. The van der Waals surface area contributed by atoms with E-state index in [9.17, 15) is 8.78 Å². The SMILES string of the molecule is CCC(C)(CN)Cc1c(F)ccc(Br)c1F. The quantitative estimate of drug-likeness (QED) is 0.842. The molecule has 0 heterocycles. The number of benzene rings is 1. The van der Waals surface area contributed by atoms with Gasteiger partial charge in [0.1, 0.15) is 11.6 Å². The maximum absolute atomic E-state index is 13.7. The zero-order chi connectivity index (χ0) is 12.3. The van der Waals surface area contributed by atoms with Crippen molar-refractivity contribution in [2.24, 2.45) is 11.1 Å². The van der Waals surface area contributed by atoms with Crippen molar-refractivity contribution >= 4 is 15.9 Å². The molecule has 0 saturated heterocycles. The summed E-state index contributed by atoms with van der Waals surface area (Å²) < 4.78 is 27.6. The molecule has 1 nitrogen and oxygen atoms in total. The summed E-state index contributed by atoms with van der Waals surface area (Å²) in [4.78, 5) is 0. The van der Waals surface area contributed by atoms with Gasteiger partial charge in [-0.3, -0.25) is 0 Å². The molecule has 1 unspecified atom stereocenters. The van der Waals surface area contributed by atoms with E-state index >= 15 is 0 Å². The third kappa shape index (κ3) is 2.80. The highest BCUT2D eigenvalue weighted by Gasteiger charge is 2.25. The Labute approximate surface area is 103 Å². The van der Waals surface area contributed by atoms with E-state index in [0.29, 0.717) is 17.4 Å². The summed E-state index contributed by atoms with van der Waals surface area (Å²) in [7, 11) is 0. The Morgan fingerprint density at radius 3 is 2.50 bits per heavy atom. The average molecular weight is 292 g/mol. The summed E-state index contributed by atoms with van der Waals surface area (Å²) in [6.07, 6.45) is 1.10. The topological polar surface area (TPSA) is 26.0 Å². The first kappa shape index (κ1) is 13.6. The first-order chi connectivity index (χ1) is 7.43. The lowest BCUT2D eigenvalue weighted by molar-refractivity contribution is 0.310. The van der Waals surface area contributed by atoms with Gasteiger partial charge in [0, 0.05) is 5.56 Å². The molecule has 0 aromatic heterocycles. The highest BCUT2D eigenvalue weighted by Crippen LogP contribution is 2.30. The van der Waals surface area contributed by atoms with Gasteiger partial charge in [0.2, 0.25) is 0 Å². The summed E-state index contributed by atoms with van der Waals surface area (Å²) in [5.74, 6) is -1.03. The van der Waals surface area contributed by atoms with Gasteiger partial charge in [-0.05, 0) is 52.9 Å². The van der Waals surface area contributed by atoms with Crippen LogP contribution >= 0.6 is 15.9 Å². The summed E-state index contributed by atoms with van der Waals surface area (Å²) in [5, 5.41) is 0. The Morgan fingerprint density at radius 1 is 1.38 bits per heavy atom. The van der Waals surface area contributed by atoms with Crippen LogP contribution in [0.1, 0.15) is 25.8 Å². The number of nitrogens with two attached hydrogens (primary N) is 1. The molecule has 16 heavy (non-hydrogen) atoms. The molecule has 0 bridgehead atoms. The first-order valence-corrected chi connectivity index (χ1v) is 6.05. The third-order valence-corrected chi connectivity index (χ3v) is 3.70. The lowest BCUT2D eigenvalue weighted by Crippen LogP contribution is -2.29. The van der Waals surface area contributed by atoms with Gasteiger partial charge in [0.15, 0.2) is 0 Å². The predicted octanol–water partition coefficient (Wildman–Crippen LogP) is 3.64. The van der Waals surface area contributed by atoms with Gasteiger partial charge < -0.3 is 5.73 Å². The fourth-order valence-corrected chi connectivity index (χ4v) is 1.87. The van der Waals surface area contributed by atoms with Gasteiger partial charge in [-0.25, -0.2) is 8.78 Å². The minimum absolute atomic E-state index is 0.115. The second-order valence-electron chi connectivity index (χ2n) is 4.37. The summed E-state index contributed by atoms with van der Waals surface area (Å²) in [6, 6.07) is 2.65. The minimum Gasteiger partial charge on any atom is -0.330 e. The van der Waals surface area contributed by atoms with Gasteiger partial charge in [-0.2, -0.15) is 0 Å². The standard InChI is InChI=1S/C12H16BrF2N/c1-3-12(2,7-16)6-8-10(14)5-4-9(13)11(8)15/h4-5H,3,6-7,16H2,1-2H3. The highest BCUT2D eigenvalue weighted by atomic mass is 79.9. The summed E-state index contributed by atoms with van der Waals surface area (Å²) in [5.41, 5.74) is 5.50. The highest BCUT2D eigenvalue weighted by molar-refractivity contribution is 9.10. The fraction of sp³-hybridized carbons (Fsp3) is 0.500. The van der Waals surface area contributed by atoms with Gasteiger partial charge in [-0.1, -0.05) is 13.8 Å². The molecule has 0 amide bonds. The van der Waals surface area contributed by atoms with E-state index in [2.05, 4.69) is 15.9 Å². The van der Waals surface area contributed by atoms with Crippen LogP contribution in [-0.4, -0.2) is 6.54 Å². The molecule has 4 heteroatoms. The fourth-order valence-electron chi connectivity index (χ4n) is 1.50. The molecule has 0 aliphatic heterocycles. The van der Waals surface area contributed by atoms with E-state index in [0.717, 1.165) is 6.42 Å². The smallest absolute Gasteiger partial charge is 0.143 e. The minimum atomic E-state index is -0.520. The molecule has 1 aromatic carbocycles. The van der Waals surface area contributed by atoms with Crippen LogP contribution in [0, 0.1) is 17.0 Å². The van der Waals surface area contributed by atoms with Crippen LogP contribution < -0.4 is 5.73 Å². The summed E-state index contributed by atoms with van der Waals surface area (Å²) >= 11 is 3.06. The maximum atomic E-state index is 13.7. The van der Waals surface area contributed by atoms with E-state index in [1.807, 2.05) is 13.8 Å². The van der Waals surface area contributed by atoms with Crippen molar-refractivity contribution in [3.8, 4) is 0 Å². The number of hydrogen-bond donors (Lipinski definition) is 1. The molecule has 0 saturated carbocycles. The molecule has 1 atom stereocenters. The molecular formula is C12H16BrF2N. The van der Waals surface area contributed by atoms with Gasteiger partial charge in [-0.15, -0.1) is 0 Å². The monoisotopic (exact) mass is 291 g/mol. The van der Waals surface area contributed by atoms with Crippen LogP contribution in [0.25, 0.3) is 0 Å². The Morgan fingerprint density at radius 2 is 2.00 bits per heavy atom. The molecule has 1 aromatic rings. The van der Waals surface area contributed by atoms with Crippen LogP contribution in [0.5, 0.6) is 0 Å². The molecule has 0 aliphatic rings. The normalized spacial score (nSPS) is 14.9. The number of rotatable bonds is 4. The van der Waals surface area contributed by atoms with Crippen molar-refractivity contribution in [1.82, 2.24) is 0 Å². The molecule has 90 valence electrons. The Kier molecular flexibility index (Phi) is 4.44. The van der Waals surface area contributed by atoms with Crippen LogP contribution in [0.2, 0.25) is 0 Å². The van der Waals surface area contributed by atoms with Crippen molar-refractivity contribution < 1.29 is 8.78 Å². The van der Waals surface area contributed by atoms with E-state index in [4.69, 9.17) is 5.73 Å². The van der Waals surface area contributed by atoms with Crippen LogP contribution in [-0.2, 0) is 6.42 Å². The molecule has 0 radical (unpaired) electrons. The largest absolute Gasteiger partial charge is 0.330 e. The Bertz CT molecular complexity index is 376.